The molecule has 0 spiro atoms. The molecular weight excluding hydrogens is 422 g/mol. The lowest BCUT2D eigenvalue weighted by molar-refractivity contribution is -0.141. The third kappa shape index (κ3) is 6.82. The minimum absolute atomic E-state index is 0.110. The van der Waals surface area contributed by atoms with Crippen molar-refractivity contribution >= 4 is 35.1 Å². The SMILES string of the molecule is Cc1ccc(NC(=O)CSC(C)C(=O)OCC(=O)c2ccc(-c3ccccc3)cc2)cc1. The predicted octanol–water partition coefficient (Wildman–Crippen LogP) is 5.15. The molecule has 0 saturated carbocycles. The third-order valence-corrected chi connectivity index (χ3v) is 5.91. The first kappa shape index (κ1) is 23.3. The predicted molar refractivity (Wildman–Crippen MR) is 129 cm³/mol. The van der Waals surface area contributed by atoms with Crippen LogP contribution in [0.3, 0.4) is 0 Å². The largest absolute Gasteiger partial charge is 0.456 e. The number of anilines is 1. The number of carbonyl (C=O) groups is 3. The van der Waals surface area contributed by atoms with Crippen molar-refractivity contribution in [3.63, 3.8) is 0 Å². The number of Topliss-reactive ketones (excluding diaryl/α,β-unsaturated/α-hetero) is 1. The van der Waals surface area contributed by atoms with Gasteiger partial charge in [0.2, 0.25) is 5.91 Å². The number of hydrogen-bond donors (Lipinski definition) is 1. The molecule has 0 saturated heterocycles. The Bertz CT molecular complexity index is 1060. The van der Waals surface area contributed by atoms with Crippen LogP contribution in [0.2, 0.25) is 0 Å². The second-order valence-corrected chi connectivity index (χ2v) is 8.67. The molecule has 0 bridgehead atoms. The highest BCUT2D eigenvalue weighted by atomic mass is 32.2. The van der Waals surface area contributed by atoms with Gasteiger partial charge in [0.15, 0.2) is 12.4 Å². The van der Waals surface area contributed by atoms with Crippen molar-refractivity contribution in [3.8, 4) is 11.1 Å². The average Bonchev–Trinajstić information content (AvgIpc) is 2.83. The lowest BCUT2D eigenvalue weighted by Crippen LogP contribution is -2.23. The van der Waals surface area contributed by atoms with Crippen LogP contribution < -0.4 is 5.32 Å². The molecule has 164 valence electrons. The Hall–Kier alpha value is -3.38. The Kier molecular flexibility index (Phi) is 8.22. The van der Waals surface area contributed by atoms with Crippen molar-refractivity contribution in [2.75, 3.05) is 17.7 Å². The van der Waals surface area contributed by atoms with Crippen LogP contribution in [-0.4, -0.2) is 35.3 Å². The summed E-state index contributed by atoms with van der Waals surface area (Å²) in [6.07, 6.45) is 0. The van der Waals surface area contributed by atoms with E-state index < -0.39 is 11.2 Å². The minimum atomic E-state index is -0.563. The molecule has 1 unspecified atom stereocenters. The molecule has 1 atom stereocenters. The number of rotatable bonds is 9. The Balaban J connectivity index is 1.42. The van der Waals surface area contributed by atoms with Crippen LogP contribution in [0.15, 0.2) is 78.9 Å². The van der Waals surface area contributed by atoms with Gasteiger partial charge in [-0.05, 0) is 37.1 Å². The Morgan fingerprint density at radius 2 is 1.50 bits per heavy atom. The summed E-state index contributed by atoms with van der Waals surface area (Å²) in [6, 6.07) is 24.5. The number of ether oxygens (including phenoxy) is 1. The summed E-state index contributed by atoms with van der Waals surface area (Å²) in [7, 11) is 0. The lowest BCUT2D eigenvalue weighted by atomic mass is 10.0. The van der Waals surface area contributed by atoms with Crippen LogP contribution in [0.4, 0.5) is 5.69 Å². The van der Waals surface area contributed by atoms with Crippen LogP contribution in [0, 0.1) is 6.92 Å². The van der Waals surface area contributed by atoms with Crippen LogP contribution in [-0.2, 0) is 14.3 Å². The van der Waals surface area contributed by atoms with E-state index in [1.165, 1.54) is 0 Å². The first-order chi connectivity index (χ1) is 15.4. The summed E-state index contributed by atoms with van der Waals surface area (Å²) in [5, 5.41) is 2.22. The van der Waals surface area contributed by atoms with E-state index >= 15 is 0 Å². The molecule has 0 aromatic heterocycles. The van der Waals surface area contributed by atoms with Crippen LogP contribution in [0.1, 0.15) is 22.8 Å². The second-order valence-electron chi connectivity index (χ2n) is 7.34. The third-order valence-electron chi connectivity index (χ3n) is 4.79. The molecule has 0 aliphatic carbocycles. The normalized spacial score (nSPS) is 11.4. The Labute approximate surface area is 192 Å². The maximum Gasteiger partial charge on any atom is 0.319 e. The van der Waals surface area contributed by atoms with Crippen LogP contribution in [0.25, 0.3) is 11.1 Å². The number of thioether (sulfide) groups is 1. The Morgan fingerprint density at radius 3 is 2.16 bits per heavy atom. The van der Waals surface area contributed by atoms with Gasteiger partial charge in [-0.3, -0.25) is 14.4 Å². The van der Waals surface area contributed by atoms with E-state index in [0.29, 0.717) is 11.3 Å². The number of aryl methyl sites for hydroxylation is 1. The molecule has 0 fully saturated rings. The van der Waals surface area contributed by atoms with Gasteiger partial charge in [0, 0.05) is 11.3 Å². The summed E-state index contributed by atoms with van der Waals surface area (Å²) < 4.78 is 5.16. The standard InChI is InChI=1S/C26H25NO4S/c1-18-8-14-23(15-9-18)27-25(29)17-32-19(2)26(30)31-16-24(28)22-12-10-21(11-13-22)20-6-4-3-5-7-20/h3-15,19H,16-17H2,1-2H3,(H,27,29). The smallest absolute Gasteiger partial charge is 0.319 e. The molecule has 1 N–H and O–H groups in total. The molecule has 6 heteroatoms. The van der Waals surface area contributed by atoms with Gasteiger partial charge in [-0.2, -0.15) is 0 Å². The second kappa shape index (κ2) is 11.3. The van der Waals surface area contributed by atoms with Crippen LogP contribution >= 0.6 is 11.8 Å². The summed E-state index contributed by atoms with van der Waals surface area (Å²) in [5.41, 5.74) is 4.37. The average molecular weight is 448 g/mol. The maximum atomic E-state index is 12.4. The maximum absolute atomic E-state index is 12.4. The first-order valence-corrected chi connectivity index (χ1v) is 11.3. The van der Waals surface area contributed by atoms with Gasteiger partial charge in [0.25, 0.3) is 0 Å². The minimum Gasteiger partial charge on any atom is -0.456 e. The molecule has 5 nitrogen and oxygen atoms in total. The van der Waals surface area contributed by atoms with Gasteiger partial charge in [-0.15, -0.1) is 11.8 Å². The molecule has 3 aromatic rings. The zero-order chi connectivity index (χ0) is 22.9. The molecule has 3 rings (SSSR count). The van der Waals surface area contributed by atoms with E-state index in [0.717, 1.165) is 28.5 Å². The topological polar surface area (TPSA) is 72.5 Å². The fraction of sp³-hybridized carbons (Fsp3) is 0.192. The summed E-state index contributed by atoms with van der Waals surface area (Å²) >= 11 is 1.16. The fourth-order valence-electron chi connectivity index (χ4n) is 2.92. The fourth-order valence-corrected chi connectivity index (χ4v) is 3.60. The van der Waals surface area contributed by atoms with E-state index in [9.17, 15) is 14.4 Å². The van der Waals surface area contributed by atoms with Gasteiger partial charge >= 0.3 is 5.97 Å². The Morgan fingerprint density at radius 1 is 0.875 bits per heavy atom. The lowest BCUT2D eigenvalue weighted by Gasteiger charge is -2.11. The van der Waals surface area contributed by atoms with Gasteiger partial charge < -0.3 is 10.1 Å². The highest BCUT2D eigenvalue weighted by molar-refractivity contribution is 8.01. The van der Waals surface area contributed by atoms with Crippen molar-refractivity contribution in [2.45, 2.75) is 19.1 Å². The number of nitrogens with one attached hydrogen (secondary N) is 1. The van der Waals surface area contributed by atoms with Gasteiger partial charge in [0.05, 0.1) is 5.75 Å². The molecule has 0 aliphatic rings. The van der Waals surface area contributed by atoms with E-state index in [2.05, 4.69) is 5.32 Å². The van der Waals surface area contributed by atoms with E-state index in [1.54, 1.807) is 19.1 Å². The highest BCUT2D eigenvalue weighted by Gasteiger charge is 2.18. The van der Waals surface area contributed by atoms with Crippen molar-refractivity contribution < 1.29 is 19.1 Å². The van der Waals surface area contributed by atoms with Gasteiger partial charge in [-0.25, -0.2) is 0 Å². The van der Waals surface area contributed by atoms with Crippen molar-refractivity contribution in [3.05, 3.63) is 90.0 Å². The number of carbonyl (C=O) groups excluding carboxylic acids is 3. The zero-order valence-electron chi connectivity index (χ0n) is 18.0. The number of benzene rings is 3. The number of esters is 1. The van der Waals surface area contributed by atoms with Crippen molar-refractivity contribution in [2.24, 2.45) is 0 Å². The molecule has 0 aliphatic heterocycles. The molecule has 1 amide bonds. The van der Waals surface area contributed by atoms with Crippen LogP contribution in [0.5, 0.6) is 0 Å². The monoisotopic (exact) mass is 447 g/mol. The van der Waals surface area contributed by atoms with E-state index in [-0.39, 0.29) is 24.1 Å². The quantitative estimate of drug-likeness (QED) is 0.363. The molecule has 32 heavy (non-hydrogen) atoms. The summed E-state index contributed by atoms with van der Waals surface area (Å²) in [6.45, 7) is 3.30. The molecule has 0 radical (unpaired) electrons. The van der Waals surface area contributed by atoms with Crippen molar-refractivity contribution in [1.82, 2.24) is 0 Å². The zero-order valence-corrected chi connectivity index (χ0v) is 18.9. The first-order valence-electron chi connectivity index (χ1n) is 10.3. The number of hydrogen-bond acceptors (Lipinski definition) is 5. The van der Waals surface area contributed by atoms with Gasteiger partial charge in [0.1, 0.15) is 5.25 Å². The molecular formula is C26H25NO4S. The summed E-state index contributed by atoms with van der Waals surface area (Å²) in [5.74, 6) is -0.883. The van der Waals surface area contributed by atoms with Gasteiger partial charge in [-0.1, -0.05) is 72.3 Å². The highest BCUT2D eigenvalue weighted by Crippen LogP contribution is 2.20. The van der Waals surface area contributed by atoms with Crippen molar-refractivity contribution in [1.29, 1.82) is 0 Å². The summed E-state index contributed by atoms with van der Waals surface area (Å²) in [4.78, 5) is 36.6. The van der Waals surface area contributed by atoms with E-state index in [1.807, 2.05) is 73.7 Å². The molecule has 3 aromatic carbocycles. The number of ketones is 1. The number of amides is 1. The molecule has 0 heterocycles. The van der Waals surface area contributed by atoms with E-state index in [4.69, 9.17) is 4.74 Å².